The van der Waals surface area contributed by atoms with Gasteiger partial charge in [-0.1, -0.05) is 12.1 Å². The van der Waals surface area contributed by atoms with Gasteiger partial charge >= 0.3 is 0 Å². The van der Waals surface area contributed by atoms with Gasteiger partial charge in [-0.25, -0.2) is 0 Å². The van der Waals surface area contributed by atoms with E-state index in [-0.39, 0.29) is 11.7 Å². The van der Waals surface area contributed by atoms with E-state index in [4.69, 9.17) is 9.15 Å². The Bertz CT molecular complexity index is 973. The van der Waals surface area contributed by atoms with Gasteiger partial charge in [-0.15, -0.1) is 0 Å². The molecule has 0 spiro atoms. The highest BCUT2D eigenvalue weighted by Gasteiger charge is 2.27. The maximum atomic E-state index is 13.0. The Morgan fingerprint density at radius 2 is 1.88 bits per heavy atom. The van der Waals surface area contributed by atoms with Crippen LogP contribution in [0, 0.1) is 0 Å². The predicted octanol–water partition coefficient (Wildman–Crippen LogP) is 4.53. The number of hydrogen-bond acceptors (Lipinski definition) is 4. The summed E-state index contributed by atoms with van der Waals surface area (Å²) in [5, 5.41) is 0. The van der Waals surface area contributed by atoms with Crippen LogP contribution >= 0.6 is 0 Å². The molecule has 0 N–H and O–H groups in total. The first kappa shape index (κ1) is 15.2. The van der Waals surface area contributed by atoms with Gasteiger partial charge in [0, 0.05) is 12.1 Å². The molecule has 0 saturated carbocycles. The zero-order valence-corrected chi connectivity index (χ0v) is 13.6. The molecule has 0 bridgehead atoms. The summed E-state index contributed by atoms with van der Waals surface area (Å²) in [5.41, 5.74) is 1.92. The number of amides is 1. The van der Waals surface area contributed by atoms with Crippen molar-refractivity contribution >= 4 is 17.9 Å². The summed E-state index contributed by atoms with van der Waals surface area (Å²) in [6, 6.07) is 16.1. The molecule has 1 amide bonds. The highest BCUT2D eigenvalue weighted by Crippen LogP contribution is 2.40. The van der Waals surface area contributed by atoms with E-state index in [1.165, 1.54) is 0 Å². The van der Waals surface area contributed by atoms with Gasteiger partial charge in [-0.3, -0.25) is 9.59 Å². The van der Waals surface area contributed by atoms with Gasteiger partial charge in [0.1, 0.15) is 11.5 Å². The number of furan rings is 1. The Morgan fingerprint density at radius 1 is 1.04 bits per heavy atom. The molecule has 4 rings (SSSR count). The van der Waals surface area contributed by atoms with Crippen molar-refractivity contribution in [1.82, 2.24) is 0 Å². The smallest absolute Gasteiger partial charge is 0.262 e. The zero-order chi connectivity index (χ0) is 17.4. The van der Waals surface area contributed by atoms with Crippen LogP contribution in [0.1, 0.15) is 27.8 Å². The van der Waals surface area contributed by atoms with Crippen molar-refractivity contribution in [3.05, 3.63) is 65.9 Å². The van der Waals surface area contributed by atoms with E-state index in [1.807, 2.05) is 37.3 Å². The monoisotopic (exact) mass is 333 g/mol. The summed E-state index contributed by atoms with van der Waals surface area (Å²) < 4.78 is 11.4. The van der Waals surface area contributed by atoms with Crippen molar-refractivity contribution in [2.45, 2.75) is 6.92 Å². The van der Waals surface area contributed by atoms with Crippen LogP contribution in [0.3, 0.4) is 0 Å². The van der Waals surface area contributed by atoms with Gasteiger partial charge in [-0.2, -0.15) is 0 Å². The Morgan fingerprint density at radius 3 is 2.64 bits per heavy atom. The third-order valence-corrected chi connectivity index (χ3v) is 4.17. The highest BCUT2D eigenvalue weighted by atomic mass is 16.5. The molecule has 0 radical (unpaired) electrons. The Labute approximate surface area is 144 Å². The van der Waals surface area contributed by atoms with Crippen LogP contribution in [0.5, 0.6) is 11.5 Å². The first-order chi connectivity index (χ1) is 12.2. The Balaban J connectivity index is 1.84. The lowest BCUT2D eigenvalue weighted by molar-refractivity contribution is 0.0988. The quantitative estimate of drug-likeness (QED) is 0.661. The average Bonchev–Trinajstić information content (AvgIpc) is 3.09. The van der Waals surface area contributed by atoms with Crippen molar-refractivity contribution in [3.8, 4) is 22.8 Å². The second kappa shape index (κ2) is 5.94. The number of carbonyl (C=O) groups is 2. The Kier molecular flexibility index (Phi) is 3.61. The maximum absolute atomic E-state index is 13.0. The third-order valence-electron chi connectivity index (χ3n) is 4.17. The molecule has 5 heteroatoms. The van der Waals surface area contributed by atoms with E-state index >= 15 is 0 Å². The van der Waals surface area contributed by atoms with Crippen LogP contribution in [0.2, 0.25) is 0 Å². The van der Waals surface area contributed by atoms with Crippen molar-refractivity contribution in [2.24, 2.45) is 0 Å². The average molecular weight is 333 g/mol. The second-order valence-corrected chi connectivity index (χ2v) is 5.65. The summed E-state index contributed by atoms with van der Waals surface area (Å²) in [4.78, 5) is 25.5. The van der Waals surface area contributed by atoms with E-state index in [1.54, 1.807) is 29.2 Å². The fraction of sp³-hybridized carbons (Fsp3) is 0.100. The molecule has 124 valence electrons. The minimum atomic E-state index is -0.133. The zero-order valence-electron chi connectivity index (χ0n) is 13.6. The summed E-state index contributed by atoms with van der Waals surface area (Å²) >= 11 is 0. The normalized spacial score (nSPS) is 12.8. The second-order valence-electron chi connectivity index (χ2n) is 5.65. The highest BCUT2D eigenvalue weighted by molar-refractivity contribution is 6.10. The molecule has 0 atom stereocenters. The van der Waals surface area contributed by atoms with Crippen molar-refractivity contribution in [2.75, 3.05) is 11.4 Å². The fourth-order valence-electron chi connectivity index (χ4n) is 2.96. The molecule has 0 unspecified atom stereocenters. The van der Waals surface area contributed by atoms with Crippen molar-refractivity contribution < 1.29 is 18.7 Å². The van der Waals surface area contributed by atoms with E-state index in [2.05, 4.69) is 0 Å². The maximum Gasteiger partial charge on any atom is 0.262 e. The van der Waals surface area contributed by atoms with Gasteiger partial charge < -0.3 is 14.1 Å². The molecule has 0 aliphatic carbocycles. The van der Waals surface area contributed by atoms with Crippen molar-refractivity contribution in [1.29, 1.82) is 0 Å². The number of ether oxygens (including phenoxy) is 1. The largest absolute Gasteiger partial charge is 0.454 e. The molecule has 5 nitrogen and oxygen atoms in total. The summed E-state index contributed by atoms with van der Waals surface area (Å²) in [6.07, 6.45) is 0.649. The molecule has 1 aliphatic heterocycles. The first-order valence-corrected chi connectivity index (χ1v) is 7.99. The number of anilines is 1. The molecular formula is C20H15NO4. The lowest BCUT2D eigenvalue weighted by Gasteiger charge is -2.19. The van der Waals surface area contributed by atoms with Gasteiger partial charge in [0.15, 0.2) is 17.8 Å². The molecule has 0 fully saturated rings. The molecule has 1 aromatic heterocycles. The molecule has 3 aromatic rings. The number of hydrogen-bond donors (Lipinski definition) is 0. The van der Waals surface area contributed by atoms with Gasteiger partial charge in [0.05, 0.1) is 11.3 Å². The van der Waals surface area contributed by atoms with Crippen LogP contribution in [0.4, 0.5) is 5.69 Å². The van der Waals surface area contributed by atoms with Crippen LogP contribution in [-0.2, 0) is 0 Å². The molecule has 25 heavy (non-hydrogen) atoms. The number of nitrogens with zero attached hydrogens (tertiary/aromatic N) is 1. The standard InChI is InChI=1S/C20H15NO4/c1-2-21-16-5-3-4-6-19(16)25-18-9-7-13(11-15(18)20(21)23)17-10-8-14(12-22)24-17/h3-12H,2H2,1H3. The molecule has 0 saturated heterocycles. The van der Waals surface area contributed by atoms with Crippen LogP contribution in [0.15, 0.2) is 59.0 Å². The molecule has 2 aromatic carbocycles. The number of aldehydes is 1. The number of benzene rings is 2. The number of fused-ring (bicyclic) bond motifs is 2. The van der Waals surface area contributed by atoms with Gasteiger partial charge in [0.25, 0.3) is 5.91 Å². The number of rotatable bonds is 3. The minimum Gasteiger partial charge on any atom is -0.454 e. The summed E-state index contributed by atoms with van der Waals surface area (Å²) in [5.74, 6) is 1.79. The van der Waals surface area contributed by atoms with Crippen molar-refractivity contribution in [3.63, 3.8) is 0 Å². The summed E-state index contributed by atoms with van der Waals surface area (Å²) in [6.45, 7) is 2.45. The minimum absolute atomic E-state index is 0.133. The SMILES string of the molecule is CCN1C(=O)c2cc(-c3ccc(C=O)o3)ccc2Oc2ccccc21. The lowest BCUT2D eigenvalue weighted by atomic mass is 10.1. The Hall–Kier alpha value is -3.34. The number of carbonyl (C=O) groups excluding carboxylic acids is 2. The lowest BCUT2D eigenvalue weighted by Crippen LogP contribution is -2.29. The van der Waals surface area contributed by atoms with Crippen LogP contribution < -0.4 is 9.64 Å². The first-order valence-electron chi connectivity index (χ1n) is 7.99. The van der Waals surface area contributed by atoms with Crippen LogP contribution in [-0.4, -0.2) is 18.7 Å². The topological polar surface area (TPSA) is 59.8 Å². The van der Waals surface area contributed by atoms with E-state index in [0.717, 1.165) is 5.69 Å². The summed E-state index contributed by atoms with van der Waals surface area (Å²) in [7, 11) is 0. The van der Waals surface area contributed by atoms with Gasteiger partial charge in [0.2, 0.25) is 0 Å². The molecule has 1 aliphatic rings. The molecule has 2 heterocycles. The van der Waals surface area contributed by atoms with E-state index in [9.17, 15) is 9.59 Å². The van der Waals surface area contributed by atoms with E-state index < -0.39 is 0 Å². The third kappa shape index (κ3) is 2.50. The van der Waals surface area contributed by atoms with Gasteiger partial charge in [-0.05, 0) is 49.4 Å². The van der Waals surface area contributed by atoms with Crippen LogP contribution in [0.25, 0.3) is 11.3 Å². The fourth-order valence-corrected chi connectivity index (χ4v) is 2.96. The number of para-hydroxylation sites is 2. The predicted molar refractivity (Wildman–Crippen MR) is 93.4 cm³/mol. The van der Waals surface area contributed by atoms with E-state index in [0.29, 0.717) is 41.2 Å². The molecular weight excluding hydrogens is 318 g/mol.